The number of methoxy groups -OCH3 is 1. The molecule has 3 rings (SSSR count). The third-order valence-electron chi connectivity index (χ3n) is 5.36. The van der Waals surface area contributed by atoms with E-state index in [1.165, 1.54) is 19.1 Å². The van der Waals surface area contributed by atoms with Crippen LogP contribution < -0.4 is 10.1 Å². The standard InChI is InChI=1S/C26H27FN2O3/c1-18(30)28-24(19-11-15-23(32-3)16-12-19)17-25(31)29(2)26(20-7-5-4-6-8-20)21-9-13-22(27)14-10-21/h4-16,24,26H,17H2,1-3H3,(H,28,30). The van der Waals surface area contributed by atoms with Gasteiger partial charge in [-0.15, -0.1) is 0 Å². The van der Waals surface area contributed by atoms with Crippen LogP contribution in [0.1, 0.15) is 42.1 Å². The number of halogens is 1. The van der Waals surface area contributed by atoms with Crippen LogP contribution in [0.5, 0.6) is 5.75 Å². The van der Waals surface area contributed by atoms with Crippen molar-refractivity contribution < 1.29 is 18.7 Å². The Labute approximate surface area is 187 Å². The van der Waals surface area contributed by atoms with E-state index in [-0.39, 0.29) is 24.1 Å². The van der Waals surface area contributed by atoms with Gasteiger partial charge in [0, 0.05) is 14.0 Å². The molecular weight excluding hydrogens is 407 g/mol. The first kappa shape index (κ1) is 23.0. The van der Waals surface area contributed by atoms with E-state index in [9.17, 15) is 14.0 Å². The van der Waals surface area contributed by atoms with Gasteiger partial charge in [0.15, 0.2) is 0 Å². The highest BCUT2D eigenvalue weighted by Gasteiger charge is 2.26. The fourth-order valence-corrected chi connectivity index (χ4v) is 3.72. The van der Waals surface area contributed by atoms with E-state index in [0.717, 1.165) is 16.7 Å². The van der Waals surface area contributed by atoms with Crippen LogP contribution in [0.4, 0.5) is 4.39 Å². The summed E-state index contributed by atoms with van der Waals surface area (Å²) in [6.07, 6.45) is 0.0763. The highest BCUT2D eigenvalue weighted by molar-refractivity contribution is 5.80. The van der Waals surface area contributed by atoms with Crippen molar-refractivity contribution >= 4 is 11.8 Å². The Morgan fingerprint density at radius 3 is 2.03 bits per heavy atom. The lowest BCUT2D eigenvalue weighted by atomic mass is 9.96. The number of carbonyl (C=O) groups is 2. The van der Waals surface area contributed by atoms with Gasteiger partial charge in [-0.25, -0.2) is 4.39 Å². The molecule has 2 atom stereocenters. The number of ether oxygens (including phenoxy) is 1. The van der Waals surface area contributed by atoms with Crippen LogP contribution in [0.25, 0.3) is 0 Å². The van der Waals surface area contributed by atoms with Crippen molar-refractivity contribution in [3.05, 3.63) is 101 Å². The summed E-state index contributed by atoms with van der Waals surface area (Å²) in [5, 5.41) is 2.87. The summed E-state index contributed by atoms with van der Waals surface area (Å²) in [7, 11) is 3.31. The van der Waals surface area contributed by atoms with Gasteiger partial charge in [0.2, 0.25) is 11.8 Å². The number of benzene rings is 3. The van der Waals surface area contributed by atoms with Gasteiger partial charge in [0.05, 0.1) is 25.6 Å². The highest BCUT2D eigenvalue weighted by Crippen LogP contribution is 2.30. The highest BCUT2D eigenvalue weighted by atomic mass is 19.1. The number of hydrogen-bond acceptors (Lipinski definition) is 3. The van der Waals surface area contributed by atoms with Crippen molar-refractivity contribution in [2.75, 3.05) is 14.2 Å². The molecule has 0 heterocycles. The van der Waals surface area contributed by atoms with Gasteiger partial charge in [-0.3, -0.25) is 9.59 Å². The van der Waals surface area contributed by atoms with Crippen LogP contribution >= 0.6 is 0 Å². The Kier molecular flexibility index (Phi) is 7.60. The minimum absolute atomic E-state index is 0.0763. The quantitative estimate of drug-likeness (QED) is 0.562. The van der Waals surface area contributed by atoms with Gasteiger partial charge in [-0.05, 0) is 41.0 Å². The third-order valence-corrected chi connectivity index (χ3v) is 5.36. The van der Waals surface area contributed by atoms with E-state index in [2.05, 4.69) is 5.32 Å². The van der Waals surface area contributed by atoms with E-state index in [1.54, 1.807) is 43.3 Å². The van der Waals surface area contributed by atoms with E-state index < -0.39 is 12.1 Å². The Bertz CT molecular complexity index is 1040. The smallest absolute Gasteiger partial charge is 0.225 e. The zero-order valence-electron chi connectivity index (χ0n) is 18.4. The minimum Gasteiger partial charge on any atom is -0.497 e. The summed E-state index contributed by atoms with van der Waals surface area (Å²) >= 11 is 0. The fraction of sp³-hybridized carbons (Fsp3) is 0.231. The lowest BCUT2D eigenvalue weighted by Gasteiger charge is -2.31. The van der Waals surface area contributed by atoms with Crippen LogP contribution in [-0.2, 0) is 9.59 Å². The van der Waals surface area contributed by atoms with Crippen molar-refractivity contribution in [2.24, 2.45) is 0 Å². The van der Waals surface area contributed by atoms with Gasteiger partial charge in [-0.2, -0.15) is 0 Å². The second-order valence-corrected chi connectivity index (χ2v) is 7.60. The van der Waals surface area contributed by atoms with E-state index in [0.29, 0.717) is 5.75 Å². The number of carbonyl (C=O) groups excluding carboxylic acids is 2. The summed E-state index contributed by atoms with van der Waals surface area (Å²) in [5.74, 6) is -0.0175. The molecule has 6 heteroatoms. The molecule has 0 fully saturated rings. The molecule has 3 aromatic rings. The zero-order chi connectivity index (χ0) is 23.1. The van der Waals surface area contributed by atoms with Crippen LogP contribution in [0.15, 0.2) is 78.9 Å². The molecule has 0 saturated carbocycles. The van der Waals surface area contributed by atoms with Gasteiger partial charge in [0.1, 0.15) is 11.6 Å². The second kappa shape index (κ2) is 10.6. The maximum atomic E-state index is 13.5. The van der Waals surface area contributed by atoms with Gasteiger partial charge in [0.25, 0.3) is 0 Å². The van der Waals surface area contributed by atoms with E-state index in [4.69, 9.17) is 4.74 Å². The molecule has 2 unspecified atom stereocenters. The molecule has 1 N–H and O–H groups in total. The summed E-state index contributed by atoms with van der Waals surface area (Å²) < 4.78 is 18.7. The number of amides is 2. The largest absolute Gasteiger partial charge is 0.497 e. The van der Waals surface area contributed by atoms with E-state index in [1.807, 2.05) is 42.5 Å². The van der Waals surface area contributed by atoms with Gasteiger partial charge >= 0.3 is 0 Å². The molecule has 0 aliphatic rings. The van der Waals surface area contributed by atoms with Crippen LogP contribution in [-0.4, -0.2) is 30.9 Å². The van der Waals surface area contributed by atoms with Crippen molar-refractivity contribution in [1.29, 1.82) is 0 Å². The Morgan fingerprint density at radius 2 is 1.47 bits per heavy atom. The van der Waals surface area contributed by atoms with Crippen LogP contribution in [0.3, 0.4) is 0 Å². The first-order valence-corrected chi connectivity index (χ1v) is 10.4. The van der Waals surface area contributed by atoms with Crippen molar-refractivity contribution in [3.8, 4) is 5.75 Å². The first-order chi connectivity index (χ1) is 15.4. The Morgan fingerprint density at radius 1 is 0.906 bits per heavy atom. The van der Waals surface area contributed by atoms with Crippen LogP contribution in [0, 0.1) is 5.82 Å². The second-order valence-electron chi connectivity index (χ2n) is 7.60. The average molecular weight is 435 g/mol. The molecule has 0 radical (unpaired) electrons. The Balaban J connectivity index is 1.88. The summed E-state index contributed by atoms with van der Waals surface area (Å²) in [5.41, 5.74) is 2.52. The molecule has 0 saturated heterocycles. The minimum atomic E-state index is -0.488. The summed E-state index contributed by atoms with van der Waals surface area (Å²) in [6.45, 7) is 1.43. The molecule has 0 aliphatic heterocycles. The Hall–Kier alpha value is -3.67. The first-order valence-electron chi connectivity index (χ1n) is 10.4. The molecule has 0 aliphatic carbocycles. The number of rotatable bonds is 8. The number of nitrogens with zero attached hydrogens (tertiary/aromatic N) is 1. The predicted octanol–water partition coefficient (Wildman–Crippen LogP) is 4.65. The van der Waals surface area contributed by atoms with Crippen LogP contribution in [0.2, 0.25) is 0 Å². The zero-order valence-corrected chi connectivity index (χ0v) is 18.4. The molecule has 166 valence electrons. The molecule has 5 nitrogen and oxygen atoms in total. The molecule has 32 heavy (non-hydrogen) atoms. The molecule has 0 spiro atoms. The average Bonchev–Trinajstić information content (AvgIpc) is 2.80. The SMILES string of the molecule is COc1ccc(C(CC(=O)N(C)C(c2ccccc2)c2ccc(F)cc2)NC(C)=O)cc1. The number of nitrogens with one attached hydrogen (secondary N) is 1. The summed E-state index contributed by atoms with van der Waals surface area (Å²) in [4.78, 5) is 26.8. The molecule has 3 aromatic carbocycles. The molecule has 0 bridgehead atoms. The lowest BCUT2D eigenvalue weighted by molar-refractivity contribution is -0.132. The number of hydrogen-bond donors (Lipinski definition) is 1. The van der Waals surface area contributed by atoms with Crippen molar-refractivity contribution in [3.63, 3.8) is 0 Å². The monoisotopic (exact) mass is 434 g/mol. The summed E-state index contributed by atoms with van der Waals surface area (Å²) in [6, 6.07) is 22.1. The third kappa shape index (κ3) is 5.72. The van der Waals surface area contributed by atoms with Crippen molar-refractivity contribution in [2.45, 2.75) is 25.4 Å². The molecule has 2 amide bonds. The van der Waals surface area contributed by atoms with Gasteiger partial charge in [-0.1, -0.05) is 54.6 Å². The normalized spacial score (nSPS) is 12.5. The fourth-order valence-electron chi connectivity index (χ4n) is 3.72. The lowest BCUT2D eigenvalue weighted by Crippen LogP contribution is -2.36. The molecule has 0 aromatic heterocycles. The van der Waals surface area contributed by atoms with E-state index >= 15 is 0 Å². The molecular formula is C26H27FN2O3. The topological polar surface area (TPSA) is 58.6 Å². The van der Waals surface area contributed by atoms with Crippen molar-refractivity contribution in [1.82, 2.24) is 10.2 Å². The van der Waals surface area contributed by atoms with Gasteiger partial charge < -0.3 is 15.0 Å². The predicted molar refractivity (Wildman–Crippen MR) is 122 cm³/mol. The maximum absolute atomic E-state index is 13.5. The maximum Gasteiger partial charge on any atom is 0.225 e.